The molecule has 5 nitrogen and oxygen atoms in total. The summed E-state index contributed by atoms with van der Waals surface area (Å²) < 4.78 is 0. The smallest absolute Gasteiger partial charge is 0.306 e. The number of aliphatic carboxylic acids is 1. The van der Waals surface area contributed by atoms with E-state index < -0.39 is 11.9 Å². The molecule has 5 heteroatoms. The van der Waals surface area contributed by atoms with Crippen molar-refractivity contribution in [2.75, 3.05) is 6.61 Å². The first-order valence-corrected chi connectivity index (χ1v) is 5.89. The molecule has 0 spiro atoms. The molecular weight excluding hydrogens is 236 g/mol. The first kappa shape index (κ1) is 14.3. The van der Waals surface area contributed by atoms with Crippen LogP contribution in [0, 0.1) is 5.92 Å². The van der Waals surface area contributed by atoms with Crippen molar-refractivity contribution < 1.29 is 25.2 Å². The van der Waals surface area contributed by atoms with Gasteiger partial charge in [-0.15, -0.1) is 0 Å². The van der Waals surface area contributed by atoms with E-state index in [4.69, 9.17) is 15.3 Å². The van der Waals surface area contributed by atoms with Crippen LogP contribution in [0.5, 0.6) is 11.5 Å². The molecule has 1 rings (SSSR count). The van der Waals surface area contributed by atoms with E-state index in [0.717, 1.165) is 0 Å². The minimum absolute atomic E-state index is 0.0524. The molecular formula is C13H18O5. The molecule has 1 unspecified atom stereocenters. The van der Waals surface area contributed by atoms with Crippen molar-refractivity contribution in [3.8, 4) is 11.5 Å². The summed E-state index contributed by atoms with van der Waals surface area (Å²) in [6, 6.07) is 4.14. The van der Waals surface area contributed by atoms with Crippen LogP contribution >= 0.6 is 0 Å². The summed E-state index contributed by atoms with van der Waals surface area (Å²) in [6.07, 6.45) is 1.88. The van der Waals surface area contributed by atoms with Gasteiger partial charge in [0.15, 0.2) is 0 Å². The van der Waals surface area contributed by atoms with Gasteiger partial charge in [-0.3, -0.25) is 4.79 Å². The fourth-order valence-electron chi connectivity index (χ4n) is 1.81. The third-order valence-electron chi connectivity index (χ3n) is 2.85. The molecule has 0 aromatic heterocycles. The molecule has 1 atom stereocenters. The van der Waals surface area contributed by atoms with Crippen LogP contribution in [0.1, 0.15) is 24.8 Å². The van der Waals surface area contributed by atoms with Gasteiger partial charge in [-0.2, -0.15) is 0 Å². The predicted molar refractivity (Wildman–Crippen MR) is 65.5 cm³/mol. The Hall–Kier alpha value is -1.75. The van der Waals surface area contributed by atoms with Gasteiger partial charge in [-0.1, -0.05) is 12.5 Å². The number of hydrogen-bond donors (Lipinski definition) is 4. The molecule has 4 N–H and O–H groups in total. The lowest BCUT2D eigenvalue weighted by molar-refractivity contribution is -0.142. The van der Waals surface area contributed by atoms with Gasteiger partial charge >= 0.3 is 5.97 Å². The summed E-state index contributed by atoms with van der Waals surface area (Å²) in [5, 5.41) is 36.5. The average molecular weight is 254 g/mol. The van der Waals surface area contributed by atoms with Gasteiger partial charge in [0.05, 0.1) is 5.92 Å². The maximum atomic E-state index is 11.1. The summed E-state index contributed by atoms with van der Waals surface area (Å²) in [6.45, 7) is 0.0524. The molecule has 1 aromatic carbocycles. The van der Waals surface area contributed by atoms with Crippen LogP contribution in [0.15, 0.2) is 18.2 Å². The Bertz CT molecular complexity index is 402. The normalized spacial score (nSPS) is 12.3. The quantitative estimate of drug-likeness (QED) is 0.553. The number of unbranched alkanes of at least 4 members (excludes halogenated alkanes) is 1. The van der Waals surface area contributed by atoms with Gasteiger partial charge < -0.3 is 20.4 Å². The molecule has 18 heavy (non-hydrogen) atoms. The summed E-state index contributed by atoms with van der Waals surface area (Å²) in [5.41, 5.74) is 0.504. The highest BCUT2D eigenvalue weighted by Crippen LogP contribution is 2.26. The Morgan fingerprint density at radius 2 is 1.94 bits per heavy atom. The first-order valence-electron chi connectivity index (χ1n) is 5.89. The Morgan fingerprint density at radius 1 is 1.22 bits per heavy atom. The molecule has 0 heterocycles. The van der Waals surface area contributed by atoms with E-state index in [1.807, 2.05) is 0 Å². The van der Waals surface area contributed by atoms with Crippen molar-refractivity contribution >= 4 is 5.97 Å². The average Bonchev–Trinajstić information content (AvgIpc) is 2.30. The Kier molecular flexibility index (Phi) is 5.45. The molecule has 1 aromatic rings. The zero-order chi connectivity index (χ0) is 13.5. The van der Waals surface area contributed by atoms with Gasteiger partial charge in [0.2, 0.25) is 0 Å². The first-order chi connectivity index (χ1) is 8.54. The van der Waals surface area contributed by atoms with Crippen LogP contribution in [0.4, 0.5) is 0 Å². The topological polar surface area (TPSA) is 98.0 Å². The van der Waals surface area contributed by atoms with E-state index in [1.165, 1.54) is 18.2 Å². The lowest BCUT2D eigenvalue weighted by Crippen LogP contribution is -2.16. The van der Waals surface area contributed by atoms with Gasteiger partial charge in [-0.05, 0) is 30.9 Å². The molecule has 0 aliphatic heterocycles. The number of phenols is 2. The zero-order valence-electron chi connectivity index (χ0n) is 10.0. The molecule has 0 radical (unpaired) electrons. The van der Waals surface area contributed by atoms with Crippen molar-refractivity contribution in [3.05, 3.63) is 23.8 Å². The van der Waals surface area contributed by atoms with Crippen molar-refractivity contribution in [2.24, 2.45) is 5.92 Å². The van der Waals surface area contributed by atoms with Crippen molar-refractivity contribution in [1.82, 2.24) is 0 Å². The molecule has 0 bridgehead atoms. The number of carboxylic acid groups (broad SMARTS) is 1. The van der Waals surface area contributed by atoms with Gasteiger partial charge in [-0.25, -0.2) is 0 Å². The minimum atomic E-state index is -0.916. The highest BCUT2D eigenvalue weighted by molar-refractivity contribution is 5.70. The third-order valence-corrected chi connectivity index (χ3v) is 2.85. The lowest BCUT2D eigenvalue weighted by atomic mass is 9.93. The molecule has 0 aliphatic carbocycles. The van der Waals surface area contributed by atoms with Crippen LogP contribution in [0.25, 0.3) is 0 Å². The summed E-state index contributed by atoms with van der Waals surface area (Å²) in [5.74, 6) is -1.65. The van der Waals surface area contributed by atoms with Gasteiger partial charge in [0.1, 0.15) is 11.5 Å². The Labute approximate surface area is 105 Å². The van der Waals surface area contributed by atoms with Crippen LogP contribution in [0.2, 0.25) is 0 Å². The van der Waals surface area contributed by atoms with Crippen molar-refractivity contribution in [2.45, 2.75) is 25.7 Å². The lowest BCUT2D eigenvalue weighted by Gasteiger charge is -2.13. The SMILES string of the molecule is O=C(O)C(CCCCO)Cc1ccc(O)cc1O. The van der Waals surface area contributed by atoms with E-state index in [0.29, 0.717) is 24.8 Å². The second-order valence-corrected chi connectivity index (χ2v) is 4.27. The standard InChI is InChI=1S/C13H18O5/c14-6-2-1-3-10(13(17)18)7-9-4-5-11(15)8-12(9)16/h4-5,8,10,14-16H,1-3,6-7H2,(H,17,18). The van der Waals surface area contributed by atoms with E-state index >= 15 is 0 Å². The van der Waals surface area contributed by atoms with E-state index in [-0.39, 0.29) is 24.5 Å². The molecule has 0 saturated heterocycles. The fourth-order valence-corrected chi connectivity index (χ4v) is 1.81. The van der Waals surface area contributed by atoms with Crippen molar-refractivity contribution in [1.29, 1.82) is 0 Å². The Morgan fingerprint density at radius 3 is 2.50 bits per heavy atom. The zero-order valence-corrected chi connectivity index (χ0v) is 10.0. The van der Waals surface area contributed by atoms with Gasteiger partial charge in [0, 0.05) is 12.7 Å². The molecule has 100 valence electrons. The number of benzene rings is 1. The van der Waals surface area contributed by atoms with Crippen molar-refractivity contribution in [3.63, 3.8) is 0 Å². The van der Waals surface area contributed by atoms with E-state index in [9.17, 15) is 9.90 Å². The summed E-state index contributed by atoms with van der Waals surface area (Å²) in [7, 11) is 0. The van der Waals surface area contributed by atoms with E-state index in [2.05, 4.69) is 0 Å². The second kappa shape index (κ2) is 6.86. The fraction of sp³-hybridized carbons (Fsp3) is 0.462. The largest absolute Gasteiger partial charge is 0.508 e. The van der Waals surface area contributed by atoms with Gasteiger partial charge in [0.25, 0.3) is 0 Å². The monoisotopic (exact) mass is 254 g/mol. The number of hydrogen-bond acceptors (Lipinski definition) is 4. The number of aliphatic hydroxyl groups excluding tert-OH is 1. The number of aliphatic hydroxyl groups is 1. The number of aromatic hydroxyl groups is 2. The predicted octanol–water partition coefficient (Wildman–Crippen LogP) is 1.50. The second-order valence-electron chi connectivity index (χ2n) is 4.27. The van der Waals surface area contributed by atoms with E-state index in [1.54, 1.807) is 0 Å². The third kappa shape index (κ3) is 4.25. The number of phenolic OH excluding ortho intramolecular Hbond substituents is 2. The van der Waals surface area contributed by atoms with Crippen LogP contribution < -0.4 is 0 Å². The van der Waals surface area contributed by atoms with Crippen LogP contribution in [-0.2, 0) is 11.2 Å². The van der Waals surface area contributed by atoms with Crippen LogP contribution in [-0.4, -0.2) is 33.0 Å². The Balaban J connectivity index is 2.67. The molecule has 0 aliphatic rings. The molecule has 0 saturated carbocycles. The number of carboxylic acids is 1. The minimum Gasteiger partial charge on any atom is -0.508 e. The summed E-state index contributed by atoms with van der Waals surface area (Å²) in [4.78, 5) is 11.1. The molecule has 0 fully saturated rings. The highest BCUT2D eigenvalue weighted by atomic mass is 16.4. The molecule has 0 amide bonds. The summed E-state index contributed by atoms with van der Waals surface area (Å²) >= 11 is 0. The number of carbonyl (C=O) groups is 1. The number of rotatable bonds is 7. The van der Waals surface area contributed by atoms with Crippen LogP contribution in [0.3, 0.4) is 0 Å². The highest BCUT2D eigenvalue weighted by Gasteiger charge is 2.19. The maximum absolute atomic E-state index is 11.1. The maximum Gasteiger partial charge on any atom is 0.306 e.